The Morgan fingerprint density at radius 1 is 1.00 bits per heavy atom. The van der Waals surface area contributed by atoms with Crippen molar-refractivity contribution >= 4 is 46.1 Å². The van der Waals surface area contributed by atoms with Gasteiger partial charge in [0.15, 0.2) is 6.61 Å². The summed E-state index contributed by atoms with van der Waals surface area (Å²) < 4.78 is 5.80. The lowest BCUT2D eigenvalue weighted by Gasteiger charge is -2.08. The molecule has 2 rings (SSSR count). The fraction of sp³-hybridized carbons (Fsp3) is 0.118. The molecule has 2 N–H and O–H groups in total. The van der Waals surface area contributed by atoms with E-state index in [9.17, 15) is 14.4 Å². The molecule has 0 unspecified atom stereocenters. The van der Waals surface area contributed by atoms with Crippen molar-refractivity contribution in [2.45, 2.75) is 0 Å². The molecular weight excluding hydrogens is 423 g/mol. The maximum atomic E-state index is 11.8. The molecule has 0 heterocycles. The van der Waals surface area contributed by atoms with Crippen LogP contribution in [0.1, 0.15) is 10.4 Å². The molecule has 0 aliphatic heterocycles. The first-order chi connectivity index (χ1) is 11.5. The van der Waals surface area contributed by atoms with Gasteiger partial charge in [-0.25, -0.2) is 0 Å². The van der Waals surface area contributed by atoms with E-state index in [4.69, 9.17) is 4.74 Å². The molecule has 0 saturated heterocycles. The van der Waals surface area contributed by atoms with Gasteiger partial charge in [-0.1, -0.05) is 24.3 Å². The number of amides is 2. The third-order valence-electron chi connectivity index (χ3n) is 2.90. The van der Waals surface area contributed by atoms with Crippen molar-refractivity contribution < 1.29 is 19.1 Å². The van der Waals surface area contributed by atoms with Crippen molar-refractivity contribution in [1.29, 1.82) is 0 Å². The second-order valence-corrected chi connectivity index (χ2v) is 6.01. The average molecular weight is 438 g/mol. The van der Waals surface area contributed by atoms with Crippen molar-refractivity contribution in [3.63, 3.8) is 0 Å². The van der Waals surface area contributed by atoms with Crippen molar-refractivity contribution in [3.05, 3.63) is 63.7 Å². The summed E-state index contributed by atoms with van der Waals surface area (Å²) in [5.74, 6) is -1.51. The molecule has 124 valence electrons. The van der Waals surface area contributed by atoms with Gasteiger partial charge in [-0.05, 0) is 52.9 Å². The number of esters is 1. The molecule has 24 heavy (non-hydrogen) atoms. The number of hydrogen-bond donors (Lipinski definition) is 2. The summed E-state index contributed by atoms with van der Waals surface area (Å²) in [5.41, 5.74) is 1.07. The van der Waals surface area contributed by atoms with Gasteiger partial charge in [0, 0.05) is 14.8 Å². The molecule has 0 aliphatic rings. The Balaban J connectivity index is 1.71. The summed E-state index contributed by atoms with van der Waals surface area (Å²) in [6, 6.07) is 15.7. The number of carbonyl (C=O) groups excluding carboxylic acids is 3. The zero-order valence-electron chi connectivity index (χ0n) is 12.6. The van der Waals surface area contributed by atoms with E-state index in [1.165, 1.54) is 0 Å². The van der Waals surface area contributed by atoms with Crippen LogP contribution in [0.15, 0.2) is 54.6 Å². The number of nitrogens with one attached hydrogen (secondary N) is 2. The van der Waals surface area contributed by atoms with Gasteiger partial charge < -0.3 is 15.4 Å². The van der Waals surface area contributed by atoms with Crippen LogP contribution in [0.25, 0.3) is 0 Å². The summed E-state index contributed by atoms with van der Waals surface area (Å²) in [6.07, 6.45) is 0. The zero-order valence-corrected chi connectivity index (χ0v) is 14.8. The molecule has 2 aromatic carbocycles. The van der Waals surface area contributed by atoms with Crippen LogP contribution in [0.3, 0.4) is 0 Å². The third kappa shape index (κ3) is 5.99. The molecule has 0 atom stereocenters. The van der Waals surface area contributed by atoms with E-state index in [2.05, 4.69) is 33.2 Å². The minimum atomic E-state index is -0.683. The summed E-state index contributed by atoms with van der Waals surface area (Å²) in [6.45, 7) is -0.713. The minimum Gasteiger partial charge on any atom is -0.454 e. The SMILES string of the molecule is O=C(COC(=O)CNC(=O)c1ccccc1)Nc1cccc(I)c1. The summed E-state index contributed by atoms with van der Waals surface area (Å²) in [7, 11) is 0. The normalized spacial score (nSPS) is 9.88. The molecule has 2 aromatic rings. The van der Waals surface area contributed by atoms with Gasteiger partial charge >= 0.3 is 5.97 Å². The van der Waals surface area contributed by atoms with Crippen molar-refractivity contribution in [1.82, 2.24) is 5.32 Å². The van der Waals surface area contributed by atoms with Crippen LogP contribution >= 0.6 is 22.6 Å². The maximum absolute atomic E-state index is 11.8. The largest absolute Gasteiger partial charge is 0.454 e. The van der Waals surface area contributed by atoms with Crippen molar-refractivity contribution in [2.75, 3.05) is 18.5 Å². The van der Waals surface area contributed by atoms with Crippen LogP contribution in [0.4, 0.5) is 5.69 Å². The predicted octanol–water partition coefficient (Wildman–Crippen LogP) is 2.20. The Kier molecular flexibility index (Phi) is 6.74. The average Bonchev–Trinajstić information content (AvgIpc) is 2.58. The van der Waals surface area contributed by atoms with Gasteiger partial charge in [-0.2, -0.15) is 0 Å². The number of benzene rings is 2. The molecule has 0 saturated carbocycles. The summed E-state index contributed by atoms with van der Waals surface area (Å²) >= 11 is 2.13. The highest BCUT2D eigenvalue weighted by atomic mass is 127. The molecule has 2 amide bonds. The van der Waals surface area contributed by atoms with Crippen LogP contribution in [-0.4, -0.2) is 30.9 Å². The van der Waals surface area contributed by atoms with Gasteiger partial charge in [0.05, 0.1) is 0 Å². The Morgan fingerprint density at radius 2 is 1.75 bits per heavy atom. The summed E-state index contributed by atoms with van der Waals surface area (Å²) in [4.78, 5) is 35.0. The number of hydrogen-bond acceptors (Lipinski definition) is 4. The van der Waals surface area contributed by atoms with Crippen LogP contribution in [0.2, 0.25) is 0 Å². The number of carbonyl (C=O) groups is 3. The number of ether oxygens (including phenoxy) is 1. The van der Waals surface area contributed by atoms with E-state index in [1.54, 1.807) is 42.5 Å². The molecule has 0 fully saturated rings. The van der Waals surface area contributed by atoms with E-state index in [0.29, 0.717) is 11.3 Å². The molecule has 0 spiro atoms. The topological polar surface area (TPSA) is 84.5 Å². The number of rotatable bonds is 6. The quantitative estimate of drug-likeness (QED) is 0.535. The molecule has 6 nitrogen and oxygen atoms in total. The first kappa shape index (κ1) is 17.9. The van der Waals surface area contributed by atoms with Crippen molar-refractivity contribution in [2.24, 2.45) is 0 Å². The molecule has 0 aliphatic carbocycles. The molecule has 0 radical (unpaired) electrons. The second-order valence-electron chi connectivity index (χ2n) is 4.77. The highest BCUT2D eigenvalue weighted by Crippen LogP contribution is 2.12. The second kappa shape index (κ2) is 9.02. The lowest BCUT2D eigenvalue weighted by atomic mass is 10.2. The van der Waals surface area contributed by atoms with Gasteiger partial charge in [-0.15, -0.1) is 0 Å². The van der Waals surface area contributed by atoms with Gasteiger partial charge in [0.25, 0.3) is 11.8 Å². The van der Waals surface area contributed by atoms with E-state index in [-0.39, 0.29) is 12.5 Å². The highest BCUT2D eigenvalue weighted by molar-refractivity contribution is 14.1. The Morgan fingerprint density at radius 3 is 2.46 bits per heavy atom. The lowest BCUT2D eigenvalue weighted by Crippen LogP contribution is -2.32. The van der Waals surface area contributed by atoms with E-state index in [1.807, 2.05) is 12.1 Å². The smallest absolute Gasteiger partial charge is 0.325 e. The minimum absolute atomic E-state index is 0.301. The van der Waals surface area contributed by atoms with E-state index < -0.39 is 18.5 Å². The molecular formula is C17H15IN2O4. The van der Waals surface area contributed by atoms with Gasteiger partial charge in [0.1, 0.15) is 6.54 Å². The fourth-order valence-corrected chi connectivity index (χ4v) is 2.35. The Labute approximate surface area is 152 Å². The zero-order chi connectivity index (χ0) is 17.4. The number of halogens is 1. The Bertz CT molecular complexity index is 734. The number of anilines is 1. The molecule has 7 heteroatoms. The van der Waals surface area contributed by atoms with Gasteiger partial charge in [-0.3, -0.25) is 14.4 Å². The third-order valence-corrected chi connectivity index (χ3v) is 3.57. The molecule has 0 bridgehead atoms. The standard InChI is InChI=1S/C17H15IN2O4/c18-13-7-4-8-14(9-13)20-15(21)11-24-16(22)10-19-17(23)12-5-2-1-3-6-12/h1-9H,10-11H2,(H,19,23)(H,20,21). The highest BCUT2D eigenvalue weighted by Gasteiger charge is 2.10. The fourth-order valence-electron chi connectivity index (χ4n) is 1.80. The van der Waals surface area contributed by atoms with E-state index in [0.717, 1.165) is 3.57 Å². The van der Waals surface area contributed by atoms with Gasteiger partial charge in [0.2, 0.25) is 0 Å². The van der Waals surface area contributed by atoms with E-state index >= 15 is 0 Å². The Hall–Kier alpha value is -2.42. The van der Waals surface area contributed by atoms with Crippen LogP contribution in [-0.2, 0) is 14.3 Å². The monoisotopic (exact) mass is 438 g/mol. The first-order valence-electron chi connectivity index (χ1n) is 7.09. The van der Waals surface area contributed by atoms with Crippen LogP contribution in [0.5, 0.6) is 0 Å². The molecule has 0 aromatic heterocycles. The maximum Gasteiger partial charge on any atom is 0.325 e. The first-order valence-corrected chi connectivity index (χ1v) is 8.17. The van der Waals surface area contributed by atoms with Crippen molar-refractivity contribution in [3.8, 4) is 0 Å². The lowest BCUT2D eigenvalue weighted by molar-refractivity contribution is -0.146. The summed E-state index contributed by atoms with van der Waals surface area (Å²) in [5, 5.41) is 5.05. The predicted molar refractivity (Wildman–Crippen MR) is 97.5 cm³/mol. The van der Waals surface area contributed by atoms with Crippen LogP contribution < -0.4 is 10.6 Å². The van der Waals surface area contributed by atoms with Crippen LogP contribution in [0, 0.1) is 3.57 Å².